The first-order valence-electron chi connectivity index (χ1n) is 4.93. The van der Waals surface area contributed by atoms with Crippen LogP contribution in [0, 0.1) is 0 Å². The zero-order valence-electron chi connectivity index (χ0n) is 7.82. The standard InChI is InChI=1S/C11H16N2/c12-9-11-7-4-8-13(11)10-5-2-1-3-6-10/h1-3,5-6,11H,4,7-9,12H2/t11-/m1/s1. The maximum absolute atomic E-state index is 5.72. The van der Waals surface area contributed by atoms with Gasteiger partial charge in [0.1, 0.15) is 0 Å². The molecular weight excluding hydrogens is 160 g/mol. The summed E-state index contributed by atoms with van der Waals surface area (Å²) >= 11 is 0. The van der Waals surface area contributed by atoms with Gasteiger partial charge in [0.25, 0.3) is 0 Å². The highest BCUT2D eigenvalue weighted by molar-refractivity contribution is 5.48. The van der Waals surface area contributed by atoms with Crippen molar-refractivity contribution in [3.8, 4) is 0 Å². The number of hydrogen-bond donors (Lipinski definition) is 1. The minimum absolute atomic E-state index is 0.558. The predicted octanol–water partition coefficient (Wildman–Crippen LogP) is 1.61. The summed E-state index contributed by atoms with van der Waals surface area (Å²) in [5, 5.41) is 0. The molecule has 1 aliphatic rings. The summed E-state index contributed by atoms with van der Waals surface area (Å²) in [4.78, 5) is 2.42. The number of hydrogen-bond acceptors (Lipinski definition) is 2. The molecule has 0 spiro atoms. The number of benzene rings is 1. The first kappa shape index (κ1) is 8.57. The summed E-state index contributed by atoms with van der Waals surface area (Å²) in [5.74, 6) is 0. The molecule has 1 saturated heterocycles. The van der Waals surface area contributed by atoms with Gasteiger partial charge < -0.3 is 10.6 Å². The van der Waals surface area contributed by atoms with Crippen LogP contribution in [0.1, 0.15) is 12.8 Å². The molecule has 0 aliphatic carbocycles. The van der Waals surface area contributed by atoms with Crippen molar-refractivity contribution in [1.82, 2.24) is 0 Å². The quantitative estimate of drug-likeness (QED) is 0.742. The minimum atomic E-state index is 0.558. The van der Waals surface area contributed by atoms with Gasteiger partial charge in [0.2, 0.25) is 0 Å². The Balaban J connectivity index is 2.16. The van der Waals surface area contributed by atoms with Gasteiger partial charge in [-0.05, 0) is 25.0 Å². The number of anilines is 1. The average Bonchev–Trinajstić information content (AvgIpc) is 2.67. The molecule has 70 valence electrons. The highest BCUT2D eigenvalue weighted by Gasteiger charge is 2.22. The van der Waals surface area contributed by atoms with Gasteiger partial charge in [-0.2, -0.15) is 0 Å². The van der Waals surface area contributed by atoms with Crippen LogP contribution in [0.4, 0.5) is 5.69 Å². The normalized spacial score (nSPS) is 22.2. The lowest BCUT2D eigenvalue weighted by molar-refractivity contribution is 0.677. The molecule has 2 rings (SSSR count). The minimum Gasteiger partial charge on any atom is -0.367 e. The number of rotatable bonds is 2. The smallest absolute Gasteiger partial charge is 0.0412 e. The van der Waals surface area contributed by atoms with Gasteiger partial charge in [-0.25, -0.2) is 0 Å². The summed E-state index contributed by atoms with van der Waals surface area (Å²) in [6.07, 6.45) is 2.52. The largest absolute Gasteiger partial charge is 0.367 e. The fraction of sp³-hybridized carbons (Fsp3) is 0.455. The van der Waals surface area contributed by atoms with Crippen molar-refractivity contribution in [2.24, 2.45) is 5.73 Å². The van der Waals surface area contributed by atoms with Crippen LogP contribution in [-0.2, 0) is 0 Å². The molecule has 1 heterocycles. The molecule has 0 amide bonds. The van der Waals surface area contributed by atoms with Crippen molar-refractivity contribution < 1.29 is 0 Å². The molecule has 2 nitrogen and oxygen atoms in total. The Morgan fingerprint density at radius 1 is 1.31 bits per heavy atom. The Kier molecular flexibility index (Phi) is 2.50. The fourth-order valence-electron chi connectivity index (χ4n) is 2.04. The lowest BCUT2D eigenvalue weighted by Gasteiger charge is -2.25. The molecule has 1 atom stereocenters. The van der Waals surface area contributed by atoms with E-state index in [1.165, 1.54) is 18.5 Å². The van der Waals surface area contributed by atoms with Gasteiger partial charge >= 0.3 is 0 Å². The SMILES string of the molecule is NC[C@H]1CCCN1c1ccccc1. The lowest BCUT2D eigenvalue weighted by atomic mass is 10.2. The van der Waals surface area contributed by atoms with E-state index in [2.05, 4.69) is 35.2 Å². The van der Waals surface area contributed by atoms with Crippen molar-refractivity contribution in [1.29, 1.82) is 0 Å². The van der Waals surface area contributed by atoms with E-state index in [4.69, 9.17) is 5.73 Å². The number of nitrogens with zero attached hydrogens (tertiary/aromatic N) is 1. The van der Waals surface area contributed by atoms with Crippen LogP contribution in [0.5, 0.6) is 0 Å². The highest BCUT2D eigenvalue weighted by Crippen LogP contribution is 2.24. The molecule has 0 saturated carbocycles. The highest BCUT2D eigenvalue weighted by atomic mass is 15.2. The maximum atomic E-state index is 5.72. The third-order valence-electron chi connectivity index (χ3n) is 2.74. The van der Waals surface area contributed by atoms with E-state index in [9.17, 15) is 0 Å². The van der Waals surface area contributed by atoms with Crippen molar-refractivity contribution in [3.63, 3.8) is 0 Å². The van der Waals surface area contributed by atoms with Crippen LogP contribution < -0.4 is 10.6 Å². The van der Waals surface area contributed by atoms with Crippen LogP contribution in [0.15, 0.2) is 30.3 Å². The van der Waals surface area contributed by atoms with Crippen molar-refractivity contribution in [3.05, 3.63) is 30.3 Å². The van der Waals surface area contributed by atoms with Crippen LogP contribution in [-0.4, -0.2) is 19.1 Å². The number of para-hydroxylation sites is 1. The Bertz CT molecular complexity index is 258. The third kappa shape index (κ3) is 1.68. The molecule has 13 heavy (non-hydrogen) atoms. The van der Waals surface area contributed by atoms with E-state index in [1.54, 1.807) is 0 Å². The molecule has 0 radical (unpaired) electrons. The summed E-state index contributed by atoms with van der Waals surface area (Å²) in [6, 6.07) is 11.1. The monoisotopic (exact) mass is 176 g/mol. The van der Waals surface area contributed by atoms with E-state index >= 15 is 0 Å². The molecule has 1 aromatic rings. The van der Waals surface area contributed by atoms with Crippen LogP contribution >= 0.6 is 0 Å². The predicted molar refractivity (Wildman–Crippen MR) is 55.9 cm³/mol. The summed E-state index contributed by atoms with van der Waals surface area (Å²) in [5.41, 5.74) is 7.04. The van der Waals surface area contributed by atoms with Crippen molar-refractivity contribution >= 4 is 5.69 Å². The zero-order chi connectivity index (χ0) is 9.10. The third-order valence-corrected chi connectivity index (χ3v) is 2.74. The van der Waals surface area contributed by atoms with E-state index in [1.807, 2.05) is 0 Å². The Morgan fingerprint density at radius 3 is 2.77 bits per heavy atom. The Hall–Kier alpha value is -1.02. The van der Waals surface area contributed by atoms with E-state index in [0.29, 0.717) is 6.04 Å². The molecule has 0 bridgehead atoms. The van der Waals surface area contributed by atoms with E-state index in [0.717, 1.165) is 13.1 Å². The Morgan fingerprint density at radius 2 is 2.08 bits per heavy atom. The average molecular weight is 176 g/mol. The second-order valence-corrected chi connectivity index (χ2v) is 3.56. The molecule has 2 N–H and O–H groups in total. The molecule has 2 heteroatoms. The van der Waals surface area contributed by atoms with Crippen molar-refractivity contribution in [2.75, 3.05) is 18.0 Å². The first-order valence-corrected chi connectivity index (χ1v) is 4.93. The molecule has 0 unspecified atom stereocenters. The first-order chi connectivity index (χ1) is 6.42. The van der Waals surface area contributed by atoms with Crippen LogP contribution in [0.25, 0.3) is 0 Å². The number of nitrogens with two attached hydrogens (primary N) is 1. The van der Waals surface area contributed by atoms with Gasteiger partial charge in [-0.15, -0.1) is 0 Å². The molecule has 0 aromatic heterocycles. The summed E-state index contributed by atoms with van der Waals surface area (Å²) in [6.45, 7) is 1.93. The van der Waals surface area contributed by atoms with Gasteiger partial charge in [-0.1, -0.05) is 18.2 Å². The lowest BCUT2D eigenvalue weighted by Crippen LogP contribution is -2.35. The maximum Gasteiger partial charge on any atom is 0.0412 e. The van der Waals surface area contributed by atoms with Gasteiger partial charge in [0.15, 0.2) is 0 Å². The molecule has 1 aliphatic heterocycles. The van der Waals surface area contributed by atoms with E-state index < -0.39 is 0 Å². The van der Waals surface area contributed by atoms with Gasteiger partial charge in [0, 0.05) is 24.8 Å². The van der Waals surface area contributed by atoms with Crippen LogP contribution in [0.2, 0.25) is 0 Å². The summed E-state index contributed by atoms with van der Waals surface area (Å²) in [7, 11) is 0. The summed E-state index contributed by atoms with van der Waals surface area (Å²) < 4.78 is 0. The van der Waals surface area contributed by atoms with Crippen molar-refractivity contribution in [2.45, 2.75) is 18.9 Å². The second-order valence-electron chi connectivity index (χ2n) is 3.56. The molecular formula is C11H16N2. The zero-order valence-corrected chi connectivity index (χ0v) is 7.82. The Labute approximate surface area is 79.4 Å². The molecule has 1 aromatic carbocycles. The van der Waals surface area contributed by atoms with Crippen LogP contribution in [0.3, 0.4) is 0 Å². The fourth-order valence-corrected chi connectivity index (χ4v) is 2.04. The molecule has 1 fully saturated rings. The second kappa shape index (κ2) is 3.79. The van der Waals surface area contributed by atoms with Gasteiger partial charge in [-0.3, -0.25) is 0 Å². The van der Waals surface area contributed by atoms with Gasteiger partial charge in [0.05, 0.1) is 0 Å². The topological polar surface area (TPSA) is 29.3 Å². The van der Waals surface area contributed by atoms with E-state index in [-0.39, 0.29) is 0 Å².